The minimum absolute atomic E-state index is 0.872. The average Bonchev–Trinajstić information content (AvgIpc) is 2.62. The second-order valence-electron chi connectivity index (χ2n) is 5.79. The van der Waals surface area contributed by atoms with Crippen molar-refractivity contribution in [1.82, 2.24) is 0 Å². The molecule has 0 atom stereocenters. The zero-order chi connectivity index (χ0) is 16.8. The smallest absolute Gasteiger partial charge is 0.100 e. The molecule has 0 spiro atoms. The molecule has 0 fully saturated rings. The fourth-order valence-electron chi connectivity index (χ4n) is 2.59. The largest absolute Gasteiger partial charge is 0.158 e. The van der Waals surface area contributed by atoms with E-state index in [1.165, 1.54) is 11.1 Å². The predicted octanol–water partition coefficient (Wildman–Crippen LogP) is 5.17. The lowest BCUT2D eigenvalue weighted by atomic mass is 10.0. The molecule has 0 heterocycles. The predicted molar refractivity (Wildman–Crippen MR) is 102 cm³/mol. The molecule has 3 rings (SSSR count). The first-order valence-electron chi connectivity index (χ1n) is 8.03. The van der Waals surface area contributed by atoms with Crippen molar-refractivity contribution in [3.63, 3.8) is 0 Å². The summed E-state index contributed by atoms with van der Waals surface area (Å²) < 4.78 is 0. The lowest BCUT2D eigenvalue weighted by molar-refractivity contribution is 1.24. The van der Waals surface area contributed by atoms with Crippen molar-refractivity contribution in [2.75, 3.05) is 0 Å². The number of hydrogen-bond acceptors (Lipinski definition) is 2. The molecule has 0 aliphatic heterocycles. The molecule has 0 amide bonds. The highest BCUT2D eigenvalue weighted by Gasteiger charge is 2.05. The summed E-state index contributed by atoms with van der Waals surface area (Å²) in [6.07, 6.45) is 1.82. The highest BCUT2D eigenvalue weighted by atomic mass is 15.2. The van der Waals surface area contributed by atoms with Crippen LogP contribution in [0.2, 0.25) is 0 Å². The number of rotatable bonds is 4. The summed E-state index contributed by atoms with van der Waals surface area (Å²) in [7, 11) is 0. The van der Waals surface area contributed by atoms with Crippen LogP contribution in [0.1, 0.15) is 27.8 Å². The van der Waals surface area contributed by atoms with Crippen molar-refractivity contribution in [2.24, 2.45) is 10.2 Å². The van der Waals surface area contributed by atoms with Crippen molar-refractivity contribution in [1.29, 1.82) is 0 Å². The van der Waals surface area contributed by atoms with Crippen LogP contribution in [0.5, 0.6) is 0 Å². The first-order valence-corrected chi connectivity index (χ1v) is 8.03. The van der Waals surface area contributed by atoms with E-state index >= 15 is 0 Å². The first kappa shape index (κ1) is 15.9. The van der Waals surface area contributed by atoms with E-state index < -0.39 is 0 Å². The van der Waals surface area contributed by atoms with Crippen LogP contribution >= 0.6 is 0 Å². The quantitative estimate of drug-likeness (QED) is 0.469. The number of benzene rings is 3. The van der Waals surface area contributed by atoms with Crippen LogP contribution in [-0.2, 0) is 0 Å². The molecule has 0 radical (unpaired) electrons. The molecule has 0 aromatic heterocycles. The second-order valence-corrected chi connectivity index (χ2v) is 5.79. The van der Waals surface area contributed by atoms with Gasteiger partial charge in [-0.1, -0.05) is 84.4 Å². The van der Waals surface area contributed by atoms with Crippen LogP contribution in [0.15, 0.2) is 89.1 Å². The van der Waals surface area contributed by atoms with Crippen LogP contribution < -0.4 is 0 Å². The second kappa shape index (κ2) is 7.51. The molecular weight excluding hydrogens is 292 g/mol. The van der Waals surface area contributed by atoms with Gasteiger partial charge in [-0.15, -0.1) is 5.10 Å². The van der Waals surface area contributed by atoms with E-state index in [0.29, 0.717) is 0 Å². The van der Waals surface area contributed by atoms with E-state index in [-0.39, 0.29) is 0 Å². The fraction of sp³-hybridized carbons (Fsp3) is 0.0909. The normalized spacial score (nSPS) is 10.8. The highest BCUT2D eigenvalue weighted by Crippen LogP contribution is 2.12. The summed E-state index contributed by atoms with van der Waals surface area (Å²) in [4.78, 5) is 0. The Hall–Kier alpha value is -3.00. The van der Waals surface area contributed by atoms with Gasteiger partial charge in [0.1, 0.15) is 5.71 Å². The lowest BCUT2D eigenvalue weighted by Crippen LogP contribution is -2.02. The number of aryl methyl sites for hydroxylation is 2. The van der Waals surface area contributed by atoms with Crippen LogP contribution in [0.4, 0.5) is 0 Å². The topological polar surface area (TPSA) is 24.7 Å². The van der Waals surface area contributed by atoms with Gasteiger partial charge < -0.3 is 0 Å². The van der Waals surface area contributed by atoms with Crippen molar-refractivity contribution in [3.8, 4) is 0 Å². The summed E-state index contributed by atoms with van der Waals surface area (Å²) >= 11 is 0. The van der Waals surface area contributed by atoms with Crippen molar-refractivity contribution in [3.05, 3.63) is 107 Å². The van der Waals surface area contributed by atoms with Gasteiger partial charge in [-0.05, 0) is 25.0 Å². The zero-order valence-electron chi connectivity index (χ0n) is 14.0. The summed E-state index contributed by atoms with van der Waals surface area (Å²) in [5.74, 6) is 0. The van der Waals surface area contributed by atoms with Crippen LogP contribution in [0.3, 0.4) is 0 Å². The average molecular weight is 312 g/mol. The molecule has 2 heteroatoms. The Morgan fingerprint density at radius 3 is 1.88 bits per heavy atom. The van der Waals surface area contributed by atoms with Gasteiger partial charge in [-0.25, -0.2) is 0 Å². The SMILES string of the molecule is Cc1ccc(/C=N\N=C(c2ccccc2)c2ccccc2)c(C)c1. The Kier molecular flexibility index (Phi) is 4.97. The van der Waals surface area contributed by atoms with Crippen LogP contribution in [0.25, 0.3) is 0 Å². The first-order chi connectivity index (χ1) is 11.7. The summed E-state index contributed by atoms with van der Waals surface area (Å²) in [5, 5.41) is 8.86. The van der Waals surface area contributed by atoms with Gasteiger partial charge in [-0.2, -0.15) is 5.10 Å². The number of nitrogens with zero attached hydrogens (tertiary/aromatic N) is 2. The maximum Gasteiger partial charge on any atom is 0.100 e. The highest BCUT2D eigenvalue weighted by molar-refractivity contribution is 6.12. The third-order valence-electron chi connectivity index (χ3n) is 3.87. The van der Waals surface area contributed by atoms with Crippen molar-refractivity contribution < 1.29 is 0 Å². The van der Waals surface area contributed by atoms with Gasteiger partial charge in [0, 0.05) is 11.1 Å². The Morgan fingerprint density at radius 2 is 1.33 bits per heavy atom. The van der Waals surface area contributed by atoms with Gasteiger partial charge in [-0.3, -0.25) is 0 Å². The summed E-state index contributed by atoms with van der Waals surface area (Å²) in [6.45, 7) is 4.18. The third kappa shape index (κ3) is 3.85. The van der Waals surface area contributed by atoms with E-state index in [0.717, 1.165) is 22.4 Å². The minimum atomic E-state index is 0.872. The van der Waals surface area contributed by atoms with Crippen LogP contribution in [0, 0.1) is 13.8 Å². The Balaban J connectivity index is 1.97. The Bertz CT molecular complexity index is 821. The molecule has 0 unspecified atom stereocenters. The molecule has 0 saturated heterocycles. The maximum atomic E-state index is 4.51. The molecule has 0 N–H and O–H groups in total. The maximum absolute atomic E-state index is 4.51. The van der Waals surface area contributed by atoms with Gasteiger partial charge in [0.2, 0.25) is 0 Å². The molecular formula is C22H20N2. The molecule has 3 aromatic rings. The van der Waals surface area contributed by atoms with Crippen molar-refractivity contribution >= 4 is 11.9 Å². The Morgan fingerprint density at radius 1 is 0.750 bits per heavy atom. The van der Waals surface area contributed by atoms with Crippen molar-refractivity contribution in [2.45, 2.75) is 13.8 Å². The molecule has 0 aliphatic carbocycles. The number of hydrogen-bond donors (Lipinski definition) is 0. The molecule has 24 heavy (non-hydrogen) atoms. The molecule has 3 aromatic carbocycles. The summed E-state index contributed by atoms with van der Waals surface area (Å²) in [6, 6.07) is 26.6. The van der Waals surface area contributed by atoms with Gasteiger partial charge >= 0.3 is 0 Å². The van der Waals surface area contributed by atoms with E-state index in [9.17, 15) is 0 Å². The zero-order valence-corrected chi connectivity index (χ0v) is 14.0. The Labute approximate surface area is 143 Å². The van der Waals surface area contributed by atoms with Gasteiger partial charge in [0.15, 0.2) is 0 Å². The van der Waals surface area contributed by atoms with Gasteiger partial charge in [0.05, 0.1) is 6.21 Å². The fourth-order valence-corrected chi connectivity index (χ4v) is 2.59. The molecule has 0 saturated carbocycles. The minimum Gasteiger partial charge on any atom is -0.158 e. The molecule has 0 aliphatic rings. The standard InChI is InChI=1S/C22H20N2/c1-17-13-14-21(18(2)15-17)16-23-24-22(19-9-5-3-6-10-19)20-11-7-4-8-12-20/h3-16H,1-2H3/b23-16-. The van der Waals surface area contributed by atoms with E-state index in [1.54, 1.807) is 0 Å². The molecule has 0 bridgehead atoms. The van der Waals surface area contributed by atoms with Gasteiger partial charge in [0.25, 0.3) is 0 Å². The van der Waals surface area contributed by atoms with E-state index in [1.807, 2.05) is 42.6 Å². The van der Waals surface area contributed by atoms with E-state index in [4.69, 9.17) is 0 Å². The summed E-state index contributed by atoms with van der Waals surface area (Å²) in [5.41, 5.74) is 6.53. The molecule has 118 valence electrons. The third-order valence-corrected chi connectivity index (χ3v) is 3.87. The molecule has 2 nitrogen and oxygen atoms in total. The monoisotopic (exact) mass is 312 g/mol. The van der Waals surface area contributed by atoms with Crippen LogP contribution in [-0.4, -0.2) is 11.9 Å². The van der Waals surface area contributed by atoms with E-state index in [2.05, 4.69) is 66.5 Å². The lowest BCUT2D eigenvalue weighted by Gasteiger charge is -2.05.